The third-order valence-electron chi connectivity index (χ3n) is 3.88. The highest BCUT2D eigenvalue weighted by molar-refractivity contribution is 5.20. The number of halogens is 2. The second kappa shape index (κ2) is 6.28. The summed E-state index contributed by atoms with van der Waals surface area (Å²) in [5.41, 5.74) is 0.810. The van der Waals surface area contributed by atoms with Crippen molar-refractivity contribution in [2.45, 2.75) is 45.1 Å². The number of hydrogen-bond donors (Lipinski definition) is 1. The van der Waals surface area contributed by atoms with Gasteiger partial charge in [-0.2, -0.15) is 0 Å². The maximum Gasteiger partial charge on any atom is 0.159 e. The topological polar surface area (TPSA) is 12.0 Å². The van der Waals surface area contributed by atoms with Crippen LogP contribution in [-0.2, 0) is 0 Å². The Morgan fingerprint density at radius 2 is 1.89 bits per heavy atom. The second-order valence-corrected chi connectivity index (χ2v) is 5.31. The molecule has 1 N–H and O–H groups in total. The van der Waals surface area contributed by atoms with E-state index in [0.29, 0.717) is 0 Å². The van der Waals surface area contributed by atoms with Crippen molar-refractivity contribution < 1.29 is 8.78 Å². The Hall–Kier alpha value is -0.960. The molecule has 0 aliphatic heterocycles. The molecule has 0 aromatic heterocycles. The van der Waals surface area contributed by atoms with Gasteiger partial charge in [-0.15, -0.1) is 0 Å². The van der Waals surface area contributed by atoms with E-state index in [1.165, 1.54) is 44.2 Å². The fourth-order valence-electron chi connectivity index (χ4n) is 2.63. The van der Waals surface area contributed by atoms with E-state index < -0.39 is 11.6 Å². The Kier molecular flexibility index (Phi) is 4.70. The van der Waals surface area contributed by atoms with E-state index in [2.05, 4.69) is 5.32 Å². The van der Waals surface area contributed by atoms with Crippen LogP contribution in [-0.4, -0.2) is 6.54 Å². The molecule has 3 heteroatoms. The zero-order valence-corrected chi connectivity index (χ0v) is 10.9. The van der Waals surface area contributed by atoms with Crippen LogP contribution >= 0.6 is 0 Å². The Bertz CT molecular complexity index is 386. The van der Waals surface area contributed by atoms with E-state index >= 15 is 0 Å². The maximum absolute atomic E-state index is 13.1. The molecule has 2 rings (SSSR count). The number of hydrogen-bond acceptors (Lipinski definition) is 1. The minimum atomic E-state index is -0.779. The third-order valence-corrected chi connectivity index (χ3v) is 3.88. The Balaban J connectivity index is 1.86. The molecule has 1 aliphatic carbocycles. The summed E-state index contributed by atoms with van der Waals surface area (Å²) in [7, 11) is 0. The van der Waals surface area contributed by atoms with Crippen LogP contribution in [0.5, 0.6) is 0 Å². The van der Waals surface area contributed by atoms with Gasteiger partial charge in [0.15, 0.2) is 11.6 Å². The lowest BCUT2D eigenvalue weighted by molar-refractivity contribution is 0.331. The van der Waals surface area contributed by atoms with E-state index in [1.54, 1.807) is 6.07 Å². The lowest BCUT2D eigenvalue weighted by Gasteiger charge is -2.24. The van der Waals surface area contributed by atoms with Crippen molar-refractivity contribution in [3.8, 4) is 0 Å². The molecule has 0 heterocycles. The van der Waals surface area contributed by atoms with Crippen LogP contribution in [0.1, 0.15) is 50.6 Å². The second-order valence-electron chi connectivity index (χ2n) is 5.31. The van der Waals surface area contributed by atoms with Crippen LogP contribution in [0, 0.1) is 17.6 Å². The van der Waals surface area contributed by atoms with E-state index in [-0.39, 0.29) is 6.04 Å². The molecule has 1 fully saturated rings. The Morgan fingerprint density at radius 3 is 2.56 bits per heavy atom. The molecular weight excluding hydrogens is 232 g/mol. The van der Waals surface area contributed by atoms with Crippen molar-refractivity contribution >= 4 is 0 Å². The van der Waals surface area contributed by atoms with Gasteiger partial charge in [-0.25, -0.2) is 8.78 Å². The average Bonchev–Trinajstić information content (AvgIpc) is 2.40. The molecule has 1 aromatic rings. The van der Waals surface area contributed by atoms with Gasteiger partial charge in [-0.3, -0.25) is 0 Å². The van der Waals surface area contributed by atoms with Crippen LogP contribution in [0.25, 0.3) is 0 Å². The van der Waals surface area contributed by atoms with Crippen LogP contribution in [0.15, 0.2) is 18.2 Å². The Labute approximate surface area is 108 Å². The summed E-state index contributed by atoms with van der Waals surface area (Å²) in [5.74, 6) is -0.802. The van der Waals surface area contributed by atoms with Crippen molar-refractivity contribution in [2.75, 3.05) is 6.54 Å². The number of benzene rings is 1. The van der Waals surface area contributed by atoms with E-state index in [4.69, 9.17) is 0 Å². The molecule has 1 aromatic carbocycles. The molecule has 1 saturated carbocycles. The summed E-state index contributed by atoms with van der Waals surface area (Å²) in [4.78, 5) is 0. The average molecular weight is 253 g/mol. The van der Waals surface area contributed by atoms with Gasteiger partial charge in [-0.05, 0) is 49.9 Å². The van der Waals surface area contributed by atoms with Crippen LogP contribution in [0.3, 0.4) is 0 Å². The zero-order valence-electron chi connectivity index (χ0n) is 10.9. The van der Waals surface area contributed by atoms with Crippen molar-refractivity contribution in [2.24, 2.45) is 5.92 Å². The first-order valence-corrected chi connectivity index (χ1v) is 6.85. The first kappa shape index (κ1) is 13.5. The highest BCUT2D eigenvalue weighted by atomic mass is 19.2. The summed E-state index contributed by atoms with van der Waals surface area (Å²) in [5, 5.41) is 3.43. The normalized spacial score (nSPS) is 18.8. The Morgan fingerprint density at radius 1 is 1.17 bits per heavy atom. The highest BCUT2D eigenvalue weighted by Crippen LogP contribution is 2.24. The van der Waals surface area contributed by atoms with Crippen molar-refractivity contribution in [1.29, 1.82) is 0 Å². The largest absolute Gasteiger partial charge is 0.310 e. The lowest BCUT2D eigenvalue weighted by Crippen LogP contribution is -2.27. The van der Waals surface area contributed by atoms with Gasteiger partial charge in [0.2, 0.25) is 0 Å². The predicted octanol–water partition coefficient (Wildman–Crippen LogP) is 4.20. The molecule has 0 bridgehead atoms. The molecule has 100 valence electrons. The molecule has 18 heavy (non-hydrogen) atoms. The van der Waals surface area contributed by atoms with Crippen LogP contribution in [0.4, 0.5) is 8.78 Å². The third kappa shape index (κ3) is 3.52. The van der Waals surface area contributed by atoms with Crippen molar-refractivity contribution in [1.82, 2.24) is 5.32 Å². The SMILES string of the molecule is CC(NCC1CCCCC1)c1ccc(F)c(F)c1. The molecule has 1 unspecified atom stereocenters. The standard InChI is InChI=1S/C15H21F2N/c1-11(13-7-8-14(16)15(17)9-13)18-10-12-5-3-2-4-6-12/h7-9,11-12,18H,2-6,10H2,1H3. The van der Waals surface area contributed by atoms with Gasteiger partial charge in [-0.1, -0.05) is 25.3 Å². The molecule has 1 atom stereocenters. The summed E-state index contributed by atoms with van der Waals surface area (Å²) in [6, 6.07) is 4.20. The van der Waals surface area contributed by atoms with Crippen LogP contribution < -0.4 is 5.32 Å². The first-order chi connectivity index (χ1) is 8.66. The highest BCUT2D eigenvalue weighted by Gasteiger charge is 2.15. The van der Waals surface area contributed by atoms with Gasteiger partial charge in [0, 0.05) is 6.04 Å². The molecule has 1 aliphatic rings. The molecule has 0 radical (unpaired) electrons. The van der Waals surface area contributed by atoms with Crippen molar-refractivity contribution in [3.05, 3.63) is 35.4 Å². The van der Waals surface area contributed by atoms with Crippen LogP contribution in [0.2, 0.25) is 0 Å². The maximum atomic E-state index is 13.1. The number of nitrogens with one attached hydrogen (secondary N) is 1. The first-order valence-electron chi connectivity index (χ1n) is 6.85. The fourth-order valence-corrected chi connectivity index (χ4v) is 2.63. The van der Waals surface area contributed by atoms with E-state index in [9.17, 15) is 8.78 Å². The summed E-state index contributed by atoms with van der Waals surface area (Å²) < 4.78 is 26.0. The minimum Gasteiger partial charge on any atom is -0.310 e. The van der Waals surface area contributed by atoms with E-state index in [0.717, 1.165) is 18.0 Å². The van der Waals surface area contributed by atoms with Crippen molar-refractivity contribution in [3.63, 3.8) is 0 Å². The van der Waals surface area contributed by atoms with Gasteiger partial charge in [0.05, 0.1) is 0 Å². The van der Waals surface area contributed by atoms with E-state index in [1.807, 2.05) is 6.92 Å². The molecule has 0 spiro atoms. The lowest BCUT2D eigenvalue weighted by atomic mass is 9.89. The monoisotopic (exact) mass is 253 g/mol. The summed E-state index contributed by atoms with van der Waals surface area (Å²) in [6.45, 7) is 2.97. The molecule has 0 saturated heterocycles. The minimum absolute atomic E-state index is 0.0713. The van der Waals surface area contributed by atoms with Gasteiger partial charge < -0.3 is 5.32 Å². The number of rotatable bonds is 4. The van der Waals surface area contributed by atoms with Gasteiger partial charge in [0.1, 0.15) is 0 Å². The zero-order chi connectivity index (χ0) is 13.0. The smallest absolute Gasteiger partial charge is 0.159 e. The molecule has 1 nitrogen and oxygen atoms in total. The fraction of sp³-hybridized carbons (Fsp3) is 0.600. The summed E-state index contributed by atoms with van der Waals surface area (Å²) >= 11 is 0. The molecular formula is C15H21F2N. The quantitative estimate of drug-likeness (QED) is 0.848. The van der Waals surface area contributed by atoms with Gasteiger partial charge >= 0.3 is 0 Å². The predicted molar refractivity (Wildman–Crippen MR) is 69.4 cm³/mol. The van der Waals surface area contributed by atoms with Gasteiger partial charge in [0.25, 0.3) is 0 Å². The molecule has 0 amide bonds. The summed E-state index contributed by atoms with van der Waals surface area (Å²) in [6.07, 6.45) is 6.59.